The number of nitrogens with zero attached hydrogens (tertiary/aromatic N) is 2. The van der Waals surface area contributed by atoms with Gasteiger partial charge in [0.15, 0.2) is 10.6 Å². The maximum absolute atomic E-state index is 13.8. The van der Waals surface area contributed by atoms with Gasteiger partial charge in [-0.3, -0.25) is 9.67 Å². The Labute approximate surface area is 111 Å². The number of aromatic nitrogens is 3. The summed E-state index contributed by atoms with van der Waals surface area (Å²) in [5.41, 5.74) is 0.471. The van der Waals surface area contributed by atoms with Crippen LogP contribution in [0, 0.1) is 10.6 Å². The molecule has 1 aliphatic rings. The highest BCUT2D eigenvalue weighted by Crippen LogP contribution is 2.38. The third-order valence-electron chi connectivity index (χ3n) is 2.79. The second kappa shape index (κ2) is 4.03. The van der Waals surface area contributed by atoms with Crippen molar-refractivity contribution < 1.29 is 4.39 Å². The number of hydrogen-bond acceptors (Lipinski definition) is 2. The highest BCUT2D eigenvalue weighted by atomic mass is 79.9. The molecular weight excluding hydrogens is 305 g/mol. The molecule has 0 bridgehead atoms. The Morgan fingerprint density at radius 1 is 1.47 bits per heavy atom. The molecular formula is C11H9BrFN3S. The van der Waals surface area contributed by atoms with Crippen molar-refractivity contribution in [2.45, 2.75) is 18.9 Å². The second-order valence-corrected chi connectivity index (χ2v) is 5.38. The number of halogens is 2. The van der Waals surface area contributed by atoms with Gasteiger partial charge in [-0.05, 0) is 43.3 Å². The van der Waals surface area contributed by atoms with Crippen LogP contribution in [0.15, 0.2) is 22.7 Å². The Hall–Kier alpha value is -1.01. The van der Waals surface area contributed by atoms with Gasteiger partial charge in [0.25, 0.3) is 0 Å². The predicted molar refractivity (Wildman–Crippen MR) is 68.8 cm³/mol. The maximum atomic E-state index is 13.8. The molecule has 0 atom stereocenters. The summed E-state index contributed by atoms with van der Waals surface area (Å²) < 4.78 is 17.1. The van der Waals surface area contributed by atoms with E-state index in [1.54, 1.807) is 12.1 Å². The van der Waals surface area contributed by atoms with E-state index in [2.05, 4.69) is 26.1 Å². The van der Waals surface area contributed by atoms with Crippen LogP contribution >= 0.6 is 28.1 Å². The molecule has 0 spiro atoms. The van der Waals surface area contributed by atoms with Crippen LogP contribution in [0.3, 0.4) is 0 Å². The lowest BCUT2D eigenvalue weighted by Gasteiger charge is -2.06. The molecule has 3 rings (SSSR count). The van der Waals surface area contributed by atoms with Crippen LogP contribution in [0.4, 0.5) is 4.39 Å². The Balaban J connectivity index is 2.21. The van der Waals surface area contributed by atoms with E-state index in [4.69, 9.17) is 12.2 Å². The maximum Gasteiger partial charge on any atom is 0.195 e. The zero-order valence-electron chi connectivity index (χ0n) is 8.78. The molecule has 3 nitrogen and oxygen atoms in total. The number of benzene rings is 1. The van der Waals surface area contributed by atoms with Crippen LogP contribution in [-0.2, 0) is 0 Å². The fraction of sp³-hybridized carbons (Fsp3) is 0.273. The molecule has 1 N–H and O–H groups in total. The van der Waals surface area contributed by atoms with Crippen LogP contribution in [0.1, 0.15) is 18.9 Å². The van der Waals surface area contributed by atoms with Gasteiger partial charge in [0.05, 0.1) is 5.56 Å². The lowest BCUT2D eigenvalue weighted by atomic mass is 10.2. The van der Waals surface area contributed by atoms with Crippen molar-refractivity contribution in [3.05, 3.63) is 33.3 Å². The Morgan fingerprint density at radius 3 is 2.94 bits per heavy atom. The van der Waals surface area contributed by atoms with Crippen LogP contribution in [0.5, 0.6) is 0 Å². The summed E-state index contributed by atoms with van der Waals surface area (Å²) in [6.45, 7) is 0. The van der Waals surface area contributed by atoms with Gasteiger partial charge < -0.3 is 0 Å². The first-order valence-corrected chi connectivity index (χ1v) is 6.49. The molecule has 1 saturated carbocycles. The third-order valence-corrected chi connectivity index (χ3v) is 3.57. The van der Waals surface area contributed by atoms with Gasteiger partial charge in [0, 0.05) is 10.5 Å². The van der Waals surface area contributed by atoms with E-state index in [-0.39, 0.29) is 5.82 Å². The molecule has 0 unspecified atom stereocenters. The molecule has 1 heterocycles. The van der Waals surface area contributed by atoms with Crippen molar-refractivity contribution in [3.8, 4) is 11.4 Å². The van der Waals surface area contributed by atoms with Gasteiger partial charge in [0.2, 0.25) is 0 Å². The molecule has 1 aliphatic carbocycles. The number of hydrogen-bond donors (Lipinski definition) is 1. The van der Waals surface area contributed by atoms with Gasteiger partial charge in [-0.15, -0.1) is 0 Å². The fourth-order valence-electron chi connectivity index (χ4n) is 1.84. The van der Waals surface area contributed by atoms with E-state index in [0.717, 1.165) is 17.3 Å². The first-order chi connectivity index (χ1) is 8.16. The quantitative estimate of drug-likeness (QED) is 0.854. The highest BCUT2D eigenvalue weighted by Gasteiger charge is 2.28. The summed E-state index contributed by atoms with van der Waals surface area (Å²) in [5.74, 6) is 0.292. The minimum atomic E-state index is -0.288. The topological polar surface area (TPSA) is 33.6 Å². The number of aromatic amines is 1. The summed E-state index contributed by atoms with van der Waals surface area (Å²) in [5, 5.41) is 6.87. The first-order valence-electron chi connectivity index (χ1n) is 5.29. The van der Waals surface area contributed by atoms with Crippen LogP contribution in [0.25, 0.3) is 11.4 Å². The van der Waals surface area contributed by atoms with Gasteiger partial charge in [0.1, 0.15) is 5.82 Å². The van der Waals surface area contributed by atoms with Crippen LogP contribution < -0.4 is 0 Å². The molecule has 17 heavy (non-hydrogen) atoms. The Bertz CT molecular complexity index is 630. The summed E-state index contributed by atoms with van der Waals surface area (Å²) in [4.78, 5) is 0. The van der Waals surface area contributed by atoms with E-state index in [9.17, 15) is 4.39 Å². The van der Waals surface area contributed by atoms with Gasteiger partial charge in [-0.2, -0.15) is 5.10 Å². The molecule has 1 aromatic heterocycles. The van der Waals surface area contributed by atoms with Crippen LogP contribution in [-0.4, -0.2) is 14.8 Å². The second-order valence-electron chi connectivity index (χ2n) is 4.08. The monoisotopic (exact) mass is 313 g/mol. The summed E-state index contributed by atoms with van der Waals surface area (Å²) in [6.07, 6.45) is 2.16. The molecule has 0 saturated heterocycles. The molecule has 88 valence electrons. The summed E-state index contributed by atoms with van der Waals surface area (Å²) in [7, 11) is 0. The summed E-state index contributed by atoms with van der Waals surface area (Å²) in [6, 6.07) is 5.18. The Kier molecular flexibility index (Phi) is 2.63. The average molecular weight is 314 g/mol. The number of nitrogens with one attached hydrogen (secondary N) is 1. The van der Waals surface area contributed by atoms with E-state index >= 15 is 0 Å². The van der Waals surface area contributed by atoms with Crippen LogP contribution in [0.2, 0.25) is 0 Å². The molecule has 2 aromatic rings. The molecule has 6 heteroatoms. The standard InChI is InChI=1S/C11H9BrFN3S/c12-6-1-4-9(13)8(5-6)10-14-15-11(17)16(10)7-2-3-7/h1,4-5,7H,2-3H2,(H,15,17). The van der Waals surface area contributed by atoms with E-state index in [0.29, 0.717) is 22.2 Å². The molecule has 0 radical (unpaired) electrons. The van der Waals surface area contributed by atoms with E-state index in [1.165, 1.54) is 6.07 Å². The normalized spacial score (nSPS) is 15.2. The molecule has 1 fully saturated rings. The van der Waals surface area contributed by atoms with Crippen molar-refractivity contribution in [1.82, 2.24) is 14.8 Å². The Morgan fingerprint density at radius 2 is 2.24 bits per heavy atom. The zero-order valence-corrected chi connectivity index (χ0v) is 11.2. The van der Waals surface area contributed by atoms with Crippen molar-refractivity contribution in [2.75, 3.05) is 0 Å². The average Bonchev–Trinajstić information content (AvgIpc) is 3.06. The highest BCUT2D eigenvalue weighted by molar-refractivity contribution is 9.10. The third kappa shape index (κ3) is 1.95. The minimum absolute atomic E-state index is 0.288. The smallest absolute Gasteiger partial charge is 0.195 e. The van der Waals surface area contributed by atoms with E-state index < -0.39 is 0 Å². The fourth-order valence-corrected chi connectivity index (χ4v) is 2.48. The van der Waals surface area contributed by atoms with E-state index in [1.807, 2.05) is 4.57 Å². The van der Waals surface area contributed by atoms with Crippen molar-refractivity contribution in [3.63, 3.8) is 0 Å². The first kappa shape index (κ1) is 11.1. The zero-order chi connectivity index (χ0) is 12.0. The van der Waals surface area contributed by atoms with Crippen molar-refractivity contribution in [2.24, 2.45) is 0 Å². The largest absolute Gasteiger partial charge is 0.297 e. The van der Waals surface area contributed by atoms with Crippen molar-refractivity contribution in [1.29, 1.82) is 0 Å². The predicted octanol–water partition coefficient (Wildman–Crippen LogP) is 3.84. The van der Waals surface area contributed by atoms with Crippen molar-refractivity contribution >= 4 is 28.1 Å². The van der Waals surface area contributed by atoms with Gasteiger partial charge in [-0.25, -0.2) is 4.39 Å². The molecule has 0 aliphatic heterocycles. The molecule has 0 amide bonds. The lowest BCUT2D eigenvalue weighted by molar-refractivity contribution is 0.626. The summed E-state index contributed by atoms with van der Waals surface area (Å²) >= 11 is 8.51. The lowest BCUT2D eigenvalue weighted by Crippen LogP contribution is -1.99. The van der Waals surface area contributed by atoms with Gasteiger partial charge in [-0.1, -0.05) is 15.9 Å². The molecule has 1 aromatic carbocycles. The van der Waals surface area contributed by atoms with Gasteiger partial charge >= 0.3 is 0 Å². The number of H-pyrrole nitrogens is 1. The number of rotatable bonds is 2. The SMILES string of the molecule is Fc1ccc(Br)cc1-c1n[nH]c(=S)n1C1CC1. The minimum Gasteiger partial charge on any atom is -0.297 e.